The molecule has 82 valence electrons. The zero-order chi connectivity index (χ0) is 11.0. The van der Waals surface area contributed by atoms with E-state index in [0.717, 1.165) is 0 Å². The Bertz CT molecular complexity index is 192. The molecule has 0 fully saturated rings. The first-order valence-electron chi connectivity index (χ1n) is 4.61. The van der Waals surface area contributed by atoms with Gasteiger partial charge in [-0.25, -0.2) is 0 Å². The summed E-state index contributed by atoms with van der Waals surface area (Å²) in [7, 11) is 1.46. The standard InChI is InChI=1S/C9H18N2O3/c1-7(2)9(13)11-5-4-10-8(12)6-14-3/h7H,4-6H2,1-3H3,(H,10,12)(H,11,13). The third kappa shape index (κ3) is 6.42. The van der Waals surface area contributed by atoms with Gasteiger partial charge in [0.05, 0.1) is 0 Å². The van der Waals surface area contributed by atoms with E-state index in [1.54, 1.807) is 0 Å². The predicted octanol–water partition coefficient (Wildman–Crippen LogP) is -0.479. The molecule has 5 nitrogen and oxygen atoms in total. The molecule has 0 atom stereocenters. The summed E-state index contributed by atoms with van der Waals surface area (Å²) >= 11 is 0. The molecule has 5 heteroatoms. The minimum atomic E-state index is -0.175. The van der Waals surface area contributed by atoms with Crippen molar-refractivity contribution in [2.24, 2.45) is 5.92 Å². The molecule has 0 saturated heterocycles. The van der Waals surface area contributed by atoms with Crippen LogP contribution in [0.15, 0.2) is 0 Å². The van der Waals surface area contributed by atoms with Crippen molar-refractivity contribution in [3.63, 3.8) is 0 Å². The van der Waals surface area contributed by atoms with Crippen LogP contribution in [0.3, 0.4) is 0 Å². The van der Waals surface area contributed by atoms with Crippen LogP contribution in [0.5, 0.6) is 0 Å². The second-order valence-corrected chi connectivity index (χ2v) is 3.23. The molecule has 2 amide bonds. The molecule has 0 unspecified atom stereocenters. The monoisotopic (exact) mass is 202 g/mol. The number of amides is 2. The van der Waals surface area contributed by atoms with Crippen LogP contribution in [0, 0.1) is 5.92 Å². The van der Waals surface area contributed by atoms with Gasteiger partial charge in [-0.1, -0.05) is 13.8 Å². The van der Waals surface area contributed by atoms with Gasteiger partial charge in [-0.2, -0.15) is 0 Å². The zero-order valence-corrected chi connectivity index (χ0v) is 8.92. The molecular weight excluding hydrogens is 184 g/mol. The topological polar surface area (TPSA) is 67.4 Å². The van der Waals surface area contributed by atoms with E-state index in [0.29, 0.717) is 13.1 Å². The number of nitrogens with one attached hydrogen (secondary N) is 2. The Hall–Kier alpha value is -1.10. The van der Waals surface area contributed by atoms with E-state index < -0.39 is 0 Å². The van der Waals surface area contributed by atoms with E-state index in [9.17, 15) is 9.59 Å². The van der Waals surface area contributed by atoms with Crippen molar-refractivity contribution in [2.45, 2.75) is 13.8 Å². The van der Waals surface area contributed by atoms with Crippen LogP contribution in [0.25, 0.3) is 0 Å². The summed E-state index contributed by atoms with van der Waals surface area (Å²) < 4.78 is 4.62. The Morgan fingerprint density at radius 3 is 2.29 bits per heavy atom. The molecule has 0 radical (unpaired) electrons. The smallest absolute Gasteiger partial charge is 0.246 e. The average molecular weight is 202 g/mol. The molecule has 0 aromatic carbocycles. The van der Waals surface area contributed by atoms with Gasteiger partial charge in [-0.3, -0.25) is 9.59 Å². The molecule has 0 aliphatic carbocycles. The van der Waals surface area contributed by atoms with Crippen molar-refractivity contribution >= 4 is 11.8 Å². The lowest BCUT2D eigenvalue weighted by Crippen LogP contribution is -2.37. The highest BCUT2D eigenvalue weighted by molar-refractivity contribution is 5.78. The number of rotatable bonds is 6. The molecule has 2 N–H and O–H groups in total. The molecule has 0 heterocycles. The minimum Gasteiger partial charge on any atom is -0.375 e. The molecule has 14 heavy (non-hydrogen) atoms. The number of hydrogen-bond acceptors (Lipinski definition) is 3. The van der Waals surface area contributed by atoms with Crippen LogP contribution in [0.1, 0.15) is 13.8 Å². The van der Waals surface area contributed by atoms with Gasteiger partial charge in [-0.15, -0.1) is 0 Å². The summed E-state index contributed by atoms with van der Waals surface area (Å²) in [5.74, 6) is -0.207. The van der Waals surface area contributed by atoms with Gasteiger partial charge in [0, 0.05) is 26.1 Å². The highest BCUT2D eigenvalue weighted by Gasteiger charge is 2.05. The number of carbonyl (C=O) groups is 2. The fourth-order valence-corrected chi connectivity index (χ4v) is 0.774. The van der Waals surface area contributed by atoms with E-state index in [1.807, 2.05) is 13.8 Å². The number of carbonyl (C=O) groups excluding carboxylic acids is 2. The third-order valence-corrected chi connectivity index (χ3v) is 1.55. The van der Waals surface area contributed by atoms with Crippen LogP contribution >= 0.6 is 0 Å². The predicted molar refractivity (Wildman–Crippen MR) is 52.7 cm³/mol. The van der Waals surface area contributed by atoms with Gasteiger partial charge in [-0.05, 0) is 0 Å². The highest BCUT2D eigenvalue weighted by Crippen LogP contribution is 1.88. The first kappa shape index (κ1) is 12.9. The lowest BCUT2D eigenvalue weighted by molar-refractivity contribution is -0.126. The number of methoxy groups -OCH3 is 1. The molecule has 0 aromatic heterocycles. The second kappa shape index (κ2) is 7.32. The minimum absolute atomic E-state index is 0.00834. The summed E-state index contributed by atoms with van der Waals surface area (Å²) in [6.07, 6.45) is 0. The van der Waals surface area contributed by atoms with Crippen molar-refractivity contribution in [3.05, 3.63) is 0 Å². The van der Waals surface area contributed by atoms with Gasteiger partial charge in [0.25, 0.3) is 0 Å². The van der Waals surface area contributed by atoms with Crippen LogP contribution in [-0.4, -0.2) is 38.6 Å². The number of hydrogen-bond donors (Lipinski definition) is 2. The van der Waals surface area contributed by atoms with Crippen LogP contribution in [0.4, 0.5) is 0 Å². The Morgan fingerprint density at radius 1 is 1.21 bits per heavy atom. The van der Waals surface area contributed by atoms with Gasteiger partial charge in [0.15, 0.2) is 0 Å². The Labute approximate surface area is 84.2 Å². The summed E-state index contributed by atoms with van der Waals surface area (Å²) in [5.41, 5.74) is 0. The lowest BCUT2D eigenvalue weighted by Gasteiger charge is -2.08. The van der Waals surface area contributed by atoms with Crippen molar-refractivity contribution in [1.29, 1.82) is 0 Å². The van der Waals surface area contributed by atoms with Gasteiger partial charge >= 0.3 is 0 Å². The maximum absolute atomic E-state index is 11.1. The molecule has 0 rings (SSSR count). The zero-order valence-electron chi connectivity index (χ0n) is 8.92. The largest absolute Gasteiger partial charge is 0.375 e. The SMILES string of the molecule is COCC(=O)NCCNC(=O)C(C)C. The molecule has 0 saturated carbocycles. The van der Waals surface area contributed by atoms with Gasteiger partial charge < -0.3 is 15.4 Å². The quantitative estimate of drug-likeness (QED) is 0.572. The van der Waals surface area contributed by atoms with E-state index in [-0.39, 0.29) is 24.3 Å². The molecule has 0 bridgehead atoms. The highest BCUT2D eigenvalue weighted by atomic mass is 16.5. The number of ether oxygens (including phenoxy) is 1. The van der Waals surface area contributed by atoms with Gasteiger partial charge in [0.2, 0.25) is 11.8 Å². The molecule has 0 aromatic rings. The summed E-state index contributed by atoms with van der Waals surface area (Å²) in [4.78, 5) is 21.9. The van der Waals surface area contributed by atoms with Crippen LogP contribution < -0.4 is 10.6 Å². The maximum Gasteiger partial charge on any atom is 0.246 e. The Morgan fingerprint density at radius 2 is 1.79 bits per heavy atom. The van der Waals surface area contributed by atoms with E-state index in [2.05, 4.69) is 15.4 Å². The fraction of sp³-hybridized carbons (Fsp3) is 0.778. The summed E-state index contributed by atoms with van der Waals surface area (Å²) in [6.45, 7) is 4.57. The molecule has 0 aliphatic heterocycles. The first-order valence-corrected chi connectivity index (χ1v) is 4.61. The van der Waals surface area contributed by atoms with Crippen LogP contribution in [-0.2, 0) is 14.3 Å². The summed E-state index contributed by atoms with van der Waals surface area (Å²) in [5, 5.41) is 5.28. The van der Waals surface area contributed by atoms with E-state index in [1.165, 1.54) is 7.11 Å². The average Bonchev–Trinajstić information content (AvgIpc) is 2.12. The van der Waals surface area contributed by atoms with Crippen molar-refractivity contribution in [1.82, 2.24) is 10.6 Å². The Kier molecular flexibility index (Phi) is 6.74. The van der Waals surface area contributed by atoms with Crippen molar-refractivity contribution in [2.75, 3.05) is 26.8 Å². The van der Waals surface area contributed by atoms with Crippen LogP contribution in [0.2, 0.25) is 0 Å². The molecular formula is C9H18N2O3. The molecule has 0 aliphatic rings. The fourth-order valence-electron chi connectivity index (χ4n) is 0.774. The summed E-state index contributed by atoms with van der Waals surface area (Å²) in [6, 6.07) is 0. The van der Waals surface area contributed by atoms with E-state index >= 15 is 0 Å². The van der Waals surface area contributed by atoms with Crippen molar-refractivity contribution < 1.29 is 14.3 Å². The normalized spacial score (nSPS) is 10.0. The first-order chi connectivity index (χ1) is 6.57. The van der Waals surface area contributed by atoms with E-state index in [4.69, 9.17) is 0 Å². The van der Waals surface area contributed by atoms with Gasteiger partial charge in [0.1, 0.15) is 6.61 Å². The second-order valence-electron chi connectivity index (χ2n) is 3.23. The maximum atomic E-state index is 11.1. The molecule has 0 spiro atoms. The third-order valence-electron chi connectivity index (χ3n) is 1.55. The van der Waals surface area contributed by atoms with Crippen molar-refractivity contribution in [3.8, 4) is 0 Å². The Balaban J connectivity index is 3.38. The lowest BCUT2D eigenvalue weighted by atomic mass is 10.2.